The van der Waals surface area contributed by atoms with Gasteiger partial charge >= 0.3 is 5.97 Å². The van der Waals surface area contributed by atoms with Gasteiger partial charge in [-0.15, -0.1) is 0 Å². The van der Waals surface area contributed by atoms with Gasteiger partial charge in [-0.05, 0) is 25.1 Å². The van der Waals surface area contributed by atoms with Crippen LogP contribution in [-0.4, -0.2) is 23.2 Å². The summed E-state index contributed by atoms with van der Waals surface area (Å²) in [5.74, 6) is -0.299. The molecule has 4 heteroatoms. The van der Waals surface area contributed by atoms with E-state index >= 15 is 0 Å². The van der Waals surface area contributed by atoms with Crippen molar-refractivity contribution in [1.29, 1.82) is 0 Å². The number of nitrogens with one attached hydrogen (secondary N) is 1. The van der Waals surface area contributed by atoms with E-state index in [0.717, 1.165) is 11.3 Å². The molecule has 2 N–H and O–H groups in total. The highest BCUT2D eigenvalue weighted by molar-refractivity contribution is 5.96. The molecule has 0 aliphatic heterocycles. The molecule has 0 atom stereocenters. The van der Waals surface area contributed by atoms with Gasteiger partial charge in [0, 0.05) is 11.3 Å². The number of aryl methyl sites for hydroxylation is 1. The Morgan fingerprint density at radius 1 is 1.35 bits per heavy atom. The number of carbonyl (C=O) groups is 1. The van der Waals surface area contributed by atoms with Crippen molar-refractivity contribution < 1.29 is 14.6 Å². The summed E-state index contributed by atoms with van der Waals surface area (Å²) >= 11 is 0. The highest BCUT2D eigenvalue weighted by Gasteiger charge is 2.17. The summed E-state index contributed by atoms with van der Waals surface area (Å²) in [5, 5.41) is 9.14. The fraction of sp³-hybridized carbons (Fsp3) is 0.154. The van der Waals surface area contributed by atoms with Gasteiger partial charge in [0.1, 0.15) is 5.75 Å². The molecule has 0 bridgehead atoms. The lowest BCUT2D eigenvalue weighted by Crippen LogP contribution is -1.97. The van der Waals surface area contributed by atoms with Crippen LogP contribution in [0.2, 0.25) is 0 Å². The maximum Gasteiger partial charge on any atom is 0.337 e. The van der Waals surface area contributed by atoms with Crippen LogP contribution < -0.4 is 4.74 Å². The maximum atomic E-state index is 11.1. The average Bonchev–Trinajstić information content (AvgIpc) is 2.71. The van der Waals surface area contributed by atoms with Crippen LogP contribution in [-0.2, 0) is 0 Å². The third-order valence-corrected chi connectivity index (χ3v) is 2.56. The molecule has 0 amide bonds. The van der Waals surface area contributed by atoms with Crippen LogP contribution in [0.1, 0.15) is 16.1 Å². The normalized spacial score (nSPS) is 10.2. The molecule has 0 radical (unpaired) electrons. The van der Waals surface area contributed by atoms with E-state index in [-0.39, 0.29) is 5.56 Å². The van der Waals surface area contributed by atoms with Crippen LogP contribution in [0.15, 0.2) is 30.3 Å². The van der Waals surface area contributed by atoms with E-state index in [4.69, 9.17) is 9.84 Å². The second kappa shape index (κ2) is 4.33. The minimum Gasteiger partial charge on any atom is -0.496 e. The standard InChI is InChI=1S/C13H13NO3/c1-8-7-10(13(15)16)12(14-8)9-5-3-4-6-11(9)17-2/h3-7,14H,1-2H3,(H,15,16). The Balaban J connectivity index is 2.63. The molecule has 2 aromatic rings. The third-order valence-electron chi connectivity index (χ3n) is 2.56. The first kappa shape index (κ1) is 11.3. The topological polar surface area (TPSA) is 62.3 Å². The summed E-state index contributed by atoms with van der Waals surface area (Å²) in [6.07, 6.45) is 0. The molecular formula is C13H13NO3. The number of H-pyrrole nitrogens is 1. The molecule has 1 aromatic carbocycles. The summed E-state index contributed by atoms with van der Waals surface area (Å²) in [5.41, 5.74) is 2.39. The highest BCUT2D eigenvalue weighted by Crippen LogP contribution is 2.31. The van der Waals surface area contributed by atoms with E-state index < -0.39 is 5.97 Å². The van der Waals surface area contributed by atoms with Crippen LogP contribution >= 0.6 is 0 Å². The molecular weight excluding hydrogens is 218 g/mol. The Bertz CT molecular complexity index is 558. The van der Waals surface area contributed by atoms with Gasteiger partial charge in [-0.2, -0.15) is 0 Å². The molecule has 0 spiro atoms. The number of methoxy groups -OCH3 is 1. The number of carboxylic acids is 1. The predicted molar refractivity (Wildman–Crippen MR) is 64.5 cm³/mol. The summed E-state index contributed by atoms with van der Waals surface area (Å²) in [4.78, 5) is 14.2. The van der Waals surface area contributed by atoms with Crippen molar-refractivity contribution in [2.45, 2.75) is 6.92 Å². The minimum atomic E-state index is -0.949. The van der Waals surface area contributed by atoms with Crippen molar-refractivity contribution in [3.63, 3.8) is 0 Å². The lowest BCUT2D eigenvalue weighted by molar-refractivity contribution is 0.0698. The number of rotatable bonds is 3. The number of benzene rings is 1. The van der Waals surface area contributed by atoms with E-state index in [0.29, 0.717) is 11.4 Å². The number of aromatic nitrogens is 1. The van der Waals surface area contributed by atoms with Crippen molar-refractivity contribution in [1.82, 2.24) is 4.98 Å². The zero-order chi connectivity index (χ0) is 12.4. The second-order valence-electron chi connectivity index (χ2n) is 3.75. The van der Waals surface area contributed by atoms with Gasteiger partial charge in [-0.25, -0.2) is 4.79 Å². The Morgan fingerprint density at radius 2 is 2.06 bits per heavy atom. The lowest BCUT2D eigenvalue weighted by Gasteiger charge is -2.07. The van der Waals surface area contributed by atoms with Gasteiger partial charge in [-0.1, -0.05) is 12.1 Å². The van der Waals surface area contributed by atoms with Crippen molar-refractivity contribution in [2.24, 2.45) is 0 Å². The number of ether oxygens (including phenoxy) is 1. The molecule has 1 heterocycles. The maximum absolute atomic E-state index is 11.1. The first-order chi connectivity index (χ1) is 8.13. The molecule has 0 fully saturated rings. The van der Waals surface area contributed by atoms with Crippen molar-refractivity contribution in [2.75, 3.05) is 7.11 Å². The lowest BCUT2D eigenvalue weighted by atomic mass is 10.1. The molecule has 1 aromatic heterocycles. The van der Waals surface area contributed by atoms with Crippen molar-refractivity contribution >= 4 is 5.97 Å². The number of carboxylic acid groups (broad SMARTS) is 1. The van der Waals surface area contributed by atoms with E-state index in [1.807, 2.05) is 25.1 Å². The summed E-state index contributed by atoms with van der Waals surface area (Å²) in [6, 6.07) is 8.94. The summed E-state index contributed by atoms with van der Waals surface area (Å²) in [7, 11) is 1.56. The number of aromatic carboxylic acids is 1. The Kier molecular flexibility index (Phi) is 2.87. The molecule has 2 rings (SSSR count). The summed E-state index contributed by atoms with van der Waals surface area (Å²) in [6.45, 7) is 1.82. The molecule has 0 unspecified atom stereocenters. The smallest absolute Gasteiger partial charge is 0.337 e. The van der Waals surface area contributed by atoms with Gasteiger partial charge in [0.2, 0.25) is 0 Å². The molecule has 0 aliphatic rings. The zero-order valence-corrected chi connectivity index (χ0v) is 9.65. The molecule has 0 saturated heterocycles. The first-order valence-electron chi connectivity index (χ1n) is 5.19. The molecule has 4 nitrogen and oxygen atoms in total. The Morgan fingerprint density at radius 3 is 2.71 bits per heavy atom. The van der Waals surface area contributed by atoms with Crippen LogP contribution in [0.25, 0.3) is 11.3 Å². The third kappa shape index (κ3) is 2.01. The van der Waals surface area contributed by atoms with E-state index in [1.165, 1.54) is 0 Å². The largest absolute Gasteiger partial charge is 0.496 e. The van der Waals surface area contributed by atoms with Gasteiger partial charge in [0.25, 0.3) is 0 Å². The van der Waals surface area contributed by atoms with Crippen molar-refractivity contribution in [3.05, 3.63) is 41.6 Å². The molecule has 17 heavy (non-hydrogen) atoms. The highest BCUT2D eigenvalue weighted by atomic mass is 16.5. The number of hydrogen-bond donors (Lipinski definition) is 2. The van der Waals surface area contributed by atoms with Crippen LogP contribution in [0.5, 0.6) is 5.75 Å². The van der Waals surface area contributed by atoms with Crippen LogP contribution in [0.4, 0.5) is 0 Å². The quantitative estimate of drug-likeness (QED) is 0.853. The van der Waals surface area contributed by atoms with E-state index in [2.05, 4.69) is 4.98 Å². The monoisotopic (exact) mass is 231 g/mol. The van der Waals surface area contributed by atoms with Gasteiger partial charge in [0.15, 0.2) is 0 Å². The molecule has 0 saturated carbocycles. The fourth-order valence-corrected chi connectivity index (χ4v) is 1.82. The van der Waals surface area contributed by atoms with Crippen LogP contribution in [0.3, 0.4) is 0 Å². The number of aromatic amines is 1. The SMILES string of the molecule is COc1ccccc1-c1[nH]c(C)cc1C(=O)O. The minimum absolute atomic E-state index is 0.256. The zero-order valence-electron chi connectivity index (χ0n) is 9.65. The van der Waals surface area contributed by atoms with Crippen molar-refractivity contribution in [3.8, 4) is 17.0 Å². The summed E-state index contributed by atoms with van der Waals surface area (Å²) < 4.78 is 5.23. The second-order valence-corrected chi connectivity index (χ2v) is 3.75. The fourth-order valence-electron chi connectivity index (χ4n) is 1.82. The average molecular weight is 231 g/mol. The predicted octanol–water partition coefficient (Wildman–Crippen LogP) is 2.70. The van der Waals surface area contributed by atoms with Gasteiger partial charge in [-0.3, -0.25) is 0 Å². The van der Waals surface area contributed by atoms with Gasteiger partial charge < -0.3 is 14.8 Å². The van der Waals surface area contributed by atoms with E-state index in [9.17, 15) is 4.79 Å². The number of para-hydroxylation sites is 1. The molecule has 88 valence electrons. The number of hydrogen-bond acceptors (Lipinski definition) is 2. The first-order valence-corrected chi connectivity index (χ1v) is 5.19. The van der Waals surface area contributed by atoms with Crippen LogP contribution in [0, 0.1) is 6.92 Å². The van der Waals surface area contributed by atoms with Gasteiger partial charge in [0.05, 0.1) is 18.4 Å². The Hall–Kier alpha value is -2.23. The Labute approximate surface area is 98.9 Å². The van der Waals surface area contributed by atoms with E-state index in [1.54, 1.807) is 19.2 Å². The molecule has 0 aliphatic carbocycles.